The summed E-state index contributed by atoms with van der Waals surface area (Å²) in [6.07, 6.45) is 1.97. The Bertz CT molecular complexity index is 355. The minimum Gasteiger partial charge on any atom is -0.396 e. The van der Waals surface area contributed by atoms with Gasteiger partial charge in [-0.3, -0.25) is 4.79 Å². The molecule has 0 saturated carbocycles. The van der Waals surface area contributed by atoms with E-state index in [1.54, 1.807) is 0 Å². The summed E-state index contributed by atoms with van der Waals surface area (Å²) in [5.41, 5.74) is -0.333. The Morgan fingerprint density at radius 2 is 2.50 bits per heavy atom. The largest absolute Gasteiger partial charge is 0.396 e. The van der Waals surface area contributed by atoms with E-state index >= 15 is 0 Å². The number of rotatable bonds is 4. The van der Waals surface area contributed by atoms with Crippen molar-refractivity contribution in [3.63, 3.8) is 0 Å². The zero-order valence-electron chi connectivity index (χ0n) is 7.66. The number of aromatic nitrogens is 2. The minimum absolute atomic E-state index is 0.113. The maximum atomic E-state index is 11.1. The number of nitrogens with one attached hydrogen (secondary N) is 1. The summed E-state index contributed by atoms with van der Waals surface area (Å²) in [7, 11) is 0. The van der Waals surface area contributed by atoms with E-state index in [0.717, 1.165) is 0 Å². The fourth-order valence-corrected chi connectivity index (χ4v) is 2.03. The molecule has 0 bridgehead atoms. The highest BCUT2D eigenvalue weighted by atomic mass is 35.5. The summed E-state index contributed by atoms with van der Waals surface area (Å²) >= 11 is 7.13. The van der Waals surface area contributed by atoms with Crippen LogP contribution in [-0.4, -0.2) is 26.9 Å². The van der Waals surface area contributed by atoms with Crippen molar-refractivity contribution in [1.29, 1.82) is 0 Å². The van der Waals surface area contributed by atoms with Gasteiger partial charge in [0.05, 0.1) is 6.33 Å². The van der Waals surface area contributed by atoms with Crippen molar-refractivity contribution in [3.05, 3.63) is 21.7 Å². The number of thioether (sulfide) groups is 1. The van der Waals surface area contributed by atoms with Gasteiger partial charge in [0, 0.05) is 11.9 Å². The molecule has 0 saturated heterocycles. The van der Waals surface area contributed by atoms with E-state index < -0.39 is 0 Å². The number of nitrogens with zero attached hydrogens (tertiary/aromatic N) is 1. The number of aliphatic hydroxyl groups excluding tert-OH is 1. The van der Waals surface area contributed by atoms with Crippen molar-refractivity contribution in [3.8, 4) is 0 Å². The lowest BCUT2D eigenvalue weighted by molar-refractivity contribution is 0.289. The molecule has 0 spiro atoms. The summed E-state index contributed by atoms with van der Waals surface area (Å²) in [6.45, 7) is 2.06. The monoisotopic (exact) mass is 234 g/mol. The zero-order chi connectivity index (χ0) is 10.6. The second-order valence-electron chi connectivity index (χ2n) is 2.79. The number of aromatic amines is 1. The molecule has 0 aromatic carbocycles. The van der Waals surface area contributed by atoms with E-state index in [0.29, 0.717) is 11.4 Å². The molecule has 6 heteroatoms. The van der Waals surface area contributed by atoms with Crippen LogP contribution >= 0.6 is 23.4 Å². The van der Waals surface area contributed by atoms with Crippen LogP contribution in [-0.2, 0) is 0 Å². The summed E-state index contributed by atoms with van der Waals surface area (Å²) in [5, 5.41) is 9.51. The highest BCUT2D eigenvalue weighted by Gasteiger charge is 2.10. The molecule has 4 nitrogen and oxygen atoms in total. The molecule has 0 radical (unpaired) electrons. The lowest BCUT2D eigenvalue weighted by Gasteiger charge is -2.08. The Morgan fingerprint density at radius 1 is 1.79 bits per heavy atom. The molecule has 1 heterocycles. The van der Waals surface area contributed by atoms with Gasteiger partial charge in [-0.2, -0.15) is 0 Å². The van der Waals surface area contributed by atoms with E-state index in [-0.39, 0.29) is 22.4 Å². The number of halogens is 1. The quantitative estimate of drug-likeness (QED) is 0.609. The highest BCUT2D eigenvalue weighted by Crippen LogP contribution is 2.26. The lowest BCUT2D eigenvalue weighted by Crippen LogP contribution is -2.09. The molecule has 1 aromatic heterocycles. The summed E-state index contributed by atoms with van der Waals surface area (Å²) in [5.74, 6) is 0. The molecular weight excluding hydrogens is 224 g/mol. The molecule has 0 aliphatic heterocycles. The van der Waals surface area contributed by atoms with Crippen LogP contribution in [0, 0.1) is 0 Å². The topological polar surface area (TPSA) is 66.0 Å². The number of hydrogen-bond donors (Lipinski definition) is 2. The first-order valence-electron chi connectivity index (χ1n) is 4.16. The molecule has 0 amide bonds. The maximum absolute atomic E-state index is 11.1. The number of H-pyrrole nitrogens is 1. The first-order valence-corrected chi connectivity index (χ1v) is 5.41. The Hall–Kier alpha value is -0.520. The molecular formula is C8H11ClN2O2S. The Kier molecular flexibility index (Phi) is 4.44. The van der Waals surface area contributed by atoms with Crippen molar-refractivity contribution in [2.75, 3.05) is 6.61 Å². The second-order valence-corrected chi connectivity index (χ2v) is 4.60. The van der Waals surface area contributed by atoms with E-state index in [1.807, 2.05) is 6.92 Å². The van der Waals surface area contributed by atoms with Gasteiger partial charge in [-0.05, 0) is 6.42 Å². The van der Waals surface area contributed by atoms with Gasteiger partial charge in [0.1, 0.15) is 10.0 Å². The zero-order valence-corrected chi connectivity index (χ0v) is 9.23. The minimum atomic E-state index is -0.333. The van der Waals surface area contributed by atoms with Gasteiger partial charge in [0.2, 0.25) is 0 Å². The summed E-state index contributed by atoms with van der Waals surface area (Å²) < 4.78 is 0. The van der Waals surface area contributed by atoms with Gasteiger partial charge in [-0.25, -0.2) is 4.98 Å². The van der Waals surface area contributed by atoms with Crippen LogP contribution in [0.2, 0.25) is 5.02 Å². The van der Waals surface area contributed by atoms with Gasteiger partial charge in [-0.15, -0.1) is 11.8 Å². The van der Waals surface area contributed by atoms with Crippen LogP contribution in [0.1, 0.15) is 13.3 Å². The fourth-order valence-electron chi connectivity index (χ4n) is 0.880. The van der Waals surface area contributed by atoms with E-state index in [4.69, 9.17) is 16.7 Å². The molecule has 1 rings (SSSR count). The smallest absolute Gasteiger partial charge is 0.270 e. The van der Waals surface area contributed by atoms with Crippen molar-refractivity contribution in [1.82, 2.24) is 9.97 Å². The molecule has 0 aliphatic rings. The van der Waals surface area contributed by atoms with Crippen LogP contribution in [0.15, 0.2) is 16.1 Å². The average molecular weight is 235 g/mol. The standard InChI is InChI=1S/C8H11ClN2O2S/c1-5(2-3-12)14-8-6(9)7(13)10-4-11-8/h4-5,12H,2-3H2,1H3,(H,10,11,13). The molecule has 0 fully saturated rings. The van der Waals surface area contributed by atoms with Crippen LogP contribution < -0.4 is 5.56 Å². The molecule has 1 aromatic rings. The molecule has 1 atom stereocenters. The Balaban J connectivity index is 2.76. The SMILES string of the molecule is CC(CCO)Sc1nc[nH]c(=O)c1Cl. The Morgan fingerprint density at radius 3 is 3.14 bits per heavy atom. The van der Waals surface area contributed by atoms with E-state index in [2.05, 4.69) is 9.97 Å². The molecule has 78 valence electrons. The Labute approximate surface area is 90.7 Å². The average Bonchev–Trinajstić information content (AvgIpc) is 2.13. The lowest BCUT2D eigenvalue weighted by atomic mass is 10.3. The summed E-state index contributed by atoms with van der Waals surface area (Å²) in [4.78, 5) is 17.4. The van der Waals surface area contributed by atoms with Crippen LogP contribution in [0.25, 0.3) is 0 Å². The molecule has 1 unspecified atom stereocenters. The van der Waals surface area contributed by atoms with E-state index in [9.17, 15) is 4.79 Å². The van der Waals surface area contributed by atoms with Crippen LogP contribution in [0.4, 0.5) is 0 Å². The first-order chi connectivity index (χ1) is 6.65. The van der Waals surface area contributed by atoms with Crippen molar-refractivity contribution in [2.45, 2.75) is 23.6 Å². The predicted molar refractivity (Wildman–Crippen MR) is 56.9 cm³/mol. The highest BCUT2D eigenvalue weighted by molar-refractivity contribution is 7.99. The normalized spacial score (nSPS) is 12.8. The van der Waals surface area contributed by atoms with Crippen molar-refractivity contribution < 1.29 is 5.11 Å². The van der Waals surface area contributed by atoms with Crippen LogP contribution in [0.5, 0.6) is 0 Å². The first kappa shape index (κ1) is 11.6. The third kappa shape index (κ3) is 3.01. The maximum Gasteiger partial charge on any atom is 0.270 e. The number of aliphatic hydroxyl groups is 1. The third-order valence-corrected chi connectivity index (χ3v) is 3.25. The van der Waals surface area contributed by atoms with Gasteiger partial charge in [0.25, 0.3) is 5.56 Å². The fraction of sp³-hybridized carbons (Fsp3) is 0.500. The van der Waals surface area contributed by atoms with E-state index in [1.165, 1.54) is 18.1 Å². The number of hydrogen-bond acceptors (Lipinski definition) is 4. The molecule has 2 N–H and O–H groups in total. The second kappa shape index (κ2) is 5.38. The molecule has 0 aliphatic carbocycles. The predicted octanol–water partition coefficient (Wildman–Crippen LogP) is 1.29. The summed E-state index contributed by atoms with van der Waals surface area (Å²) in [6, 6.07) is 0. The van der Waals surface area contributed by atoms with Crippen molar-refractivity contribution in [2.24, 2.45) is 0 Å². The van der Waals surface area contributed by atoms with Crippen LogP contribution in [0.3, 0.4) is 0 Å². The van der Waals surface area contributed by atoms with Gasteiger partial charge in [0.15, 0.2) is 0 Å². The van der Waals surface area contributed by atoms with Gasteiger partial charge < -0.3 is 10.1 Å². The van der Waals surface area contributed by atoms with Gasteiger partial charge in [-0.1, -0.05) is 18.5 Å². The third-order valence-electron chi connectivity index (χ3n) is 1.61. The molecule has 14 heavy (non-hydrogen) atoms. The van der Waals surface area contributed by atoms with Gasteiger partial charge >= 0.3 is 0 Å². The van der Waals surface area contributed by atoms with Crippen molar-refractivity contribution >= 4 is 23.4 Å².